The van der Waals surface area contributed by atoms with E-state index in [-0.39, 0.29) is 18.1 Å². The molecule has 0 aromatic heterocycles. The highest BCUT2D eigenvalue weighted by Crippen LogP contribution is 2.29. The van der Waals surface area contributed by atoms with Crippen molar-refractivity contribution < 1.29 is 19.0 Å². The highest BCUT2D eigenvalue weighted by Gasteiger charge is 2.26. The molecule has 0 radical (unpaired) electrons. The summed E-state index contributed by atoms with van der Waals surface area (Å²) >= 11 is 0. The summed E-state index contributed by atoms with van der Waals surface area (Å²) in [7, 11) is 3.16. The molecule has 1 aromatic carbocycles. The van der Waals surface area contributed by atoms with Crippen LogP contribution >= 0.6 is 0 Å². The molecule has 0 spiro atoms. The van der Waals surface area contributed by atoms with E-state index in [2.05, 4.69) is 10.2 Å². The fourth-order valence-electron chi connectivity index (χ4n) is 2.51. The molecule has 1 saturated heterocycles. The van der Waals surface area contributed by atoms with Gasteiger partial charge in [-0.1, -0.05) is 0 Å². The maximum Gasteiger partial charge on any atom is 0.241 e. The van der Waals surface area contributed by atoms with Crippen LogP contribution < -0.4 is 14.8 Å². The molecule has 1 N–H and O–H groups in total. The molecule has 6 nitrogen and oxygen atoms in total. The van der Waals surface area contributed by atoms with Crippen LogP contribution in [0.4, 0.5) is 5.69 Å². The minimum Gasteiger partial charge on any atom is -0.497 e. The van der Waals surface area contributed by atoms with Crippen LogP contribution in [0.25, 0.3) is 0 Å². The third kappa shape index (κ3) is 3.90. The second-order valence-electron chi connectivity index (χ2n) is 5.41. The number of hydrogen-bond acceptors (Lipinski definition) is 5. The maximum atomic E-state index is 12.5. The number of amides is 1. The van der Waals surface area contributed by atoms with Crippen LogP contribution in [0, 0.1) is 0 Å². The topological polar surface area (TPSA) is 60.0 Å². The van der Waals surface area contributed by atoms with E-state index >= 15 is 0 Å². The number of nitrogens with zero attached hydrogens (tertiary/aromatic N) is 1. The summed E-state index contributed by atoms with van der Waals surface area (Å²) in [5, 5.41) is 2.92. The van der Waals surface area contributed by atoms with Crippen molar-refractivity contribution in [3.8, 4) is 11.5 Å². The van der Waals surface area contributed by atoms with Crippen molar-refractivity contribution in [3.05, 3.63) is 18.2 Å². The average molecular weight is 308 g/mol. The van der Waals surface area contributed by atoms with Gasteiger partial charge in [-0.3, -0.25) is 9.69 Å². The number of nitrogens with one attached hydrogen (secondary N) is 1. The van der Waals surface area contributed by atoms with Gasteiger partial charge in [-0.25, -0.2) is 0 Å². The van der Waals surface area contributed by atoms with Crippen molar-refractivity contribution in [1.29, 1.82) is 0 Å². The first-order chi connectivity index (χ1) is 10.5. The molecule has 1 aromatic rings. The van der Waals surface area contributed by atoms with Gasteiger partial charge >= 0.3 is 0 Å². The summed E-state index contributed by atoms with van der Waals surface area (Å²) in [6, 6.07) is 5.09. The number of rotatable bonds is 5. The second-order valence-corrected chi connectivity index (χ2v) is 5.41. The van der Waals surface area contributed by atoms with E-state index in [0.717, 1.165) is 13.1 Å². The first-order valence-corrected chi connectivity index (χ1v) is 7.43. The van der Waals surface area contributed by atoms with Crippen molar-refractivity contribution in [2.75, 3.05) is 39.2 Å². The molecule has 0 saturated carbocycles. The van der Waals surface area contributed by atoms with Gasteiger partial charge < -0.3 is 19.5 Å². The number of benzene rings is 1. The summed E-state index contributed by atoms with van der Waals surface area (Å²) in [4.78, 5) is 14.6. The smallest absolute Gasteiger partial charge is 0.241 e. The molecule has 1 amide bonds. The number of carbonyl (C=O) groups is 1. The molecule has 0 aliphatic carbocycles. The summed E-state index contributed by atoms with van der Waals surface area (Å²) < 4.78 is 16.0. The SMILES string of the molecule is COc1ccc(OC)c(NC(=O)C(C)N2CCOC(C)C2)c1. The van der Waals surface area contributed by atoms with Gasteiger partial charge in [-0.15, -0.1) is 0 Å². The van der Waals surface area contributed by atoms with Crippen LogP contribution in [0.3, 0.4) is 0 Å². The Morgan fingerprint density at radius 1 is 1.41 bits per heavy atom. The predicted octanol–water partition coefficient (Wildman–Crippen LogP) is 1.75. The van der Waals surface area contributed by atoms with Crippen LogP contribution in [-0.2, 0) is 9.53 Å². The Balaban J connectivity index is 2.07. The molecule has 2 rings (SSSR count). The predicted molar refractivity (Wildman–Crippen MR) is 84.6 cm³/mol. The molecule has 1 aliphatic heterocycles. The van der Waals surface area contributed by atoms with Crippen molar-refractivity contribution in [3.63, 3.8) is 0 Å². The fourth-order valence-corrected chi connectivity index (χ4v) is 2.51. The van der Waals surface area contributed by atoms with Gasteiger partial charge in [-0.2, -0.15) is 0 Å². The maximum absolute atomic E-state index is 12.5. The molecule has 1 fully saturated rings. The fraction of sp³-hybridized carbons (Fsp3) is 0.562. The van der Waals surface area contributed by atoms with Crippen molar-refractivity contribution in [2.24, 2.45) is 0 Å². The average Bonchev–Trinajstić information content (AvgIpc) is 2.53. The van der Waals surface area contributed by atoms with E-state index in [1.165, 1.54) is 0 Å². The van der Waals surface area contributed by atoms with Crippen LogP contribution in [0.15, 0.2) is 18.2 Å². The minimum absolute atomic E-state index is 0.0688. The number of anilines is 1. The van der Waals surface area contributed by atoms with Gasteiger partial charge in [0.05, 0.1) is 38.7 Å². The zero-order valence-corrected chi connectivity index (χ0v) is 13.6. The molecule has 122 valence electrons. The highest BCUT2D eigenvalue weighted by molar-refractivity contribution is 5.96. The number of carbonyl (C=O) groups excluding carboxylic acids is 1. The van der Waals surface area contributed by atoms with Crippen molar-refractivity contribution in [2.45, 2.75) is 26.0 Å². The molecule has 22 heavy (non-hydrogen) atoms. The molecule has 2 unspecified atom stereocenters. The van der Waals surface area contributed by atoms with E-state index in [4.69, 9.17) is 14.2 Å². The number of methoxy groups -OCH3 is 2. The van der Waals surface area contributed by atoms with E-state index < -0.39 is 0 Å². The molecule has 2 atom stereocenters. The second kappa shape index (κ2) is 7.47. The van der Waals surface area contributed by atoms with Gasteiger partial charge in [0.2, 0.25) is 5.91 Å². The van der Waals surface area contributed by atoms with Crippen LogP contribution in [0.2, 0.25) is 0 Å². The standard InChI is InChI=1S/C16H24N2O4/c1-11-10-18(7-8-22-11)12(2)16(19)17-14-9-13(20-3)5-6-15(14)21-4/h5-6,9,11-12H,7-8,10H2,1-4H3,(H,17,19). The molecule has 0 bridgehead atoms. The third-order valence-electron chi connectivity index (χ3n) is 3.86. The molecule has 1 aliphatic rings. The lowest BCUT2D eigenvalue weighted by Gasteiger charge is -2.34. The molecular weight excluding hydrogens is 284 g/mol. The zero-order valence-electron chi connectivity index (χ0n) is 13.6. The molecule has 6 heteroatoms. The van der Waals surface area contributed by atoms with E-state index in [0.29, 0.717) is 23.8 Å². The monoisotopic (exact) mass is 308 g/mol. The lowest BCUT2D eigenvalue weighted by Crippen LogP contribution is -2.50. The van der Waals surface area contributed by atoms with E-state index in [1.807, 2.05) is 13.8 Å². The van der Waals surface area contributed by atoms with Gasteiger partial charge in [-0.05, 0) is 26.0 Å². The zero-order chi connectivity index (χ0) is 16.1. The van der Waals surface area contributed by atoms with Crippen LogP contribution in [0.5, 0.6) is 11.5 Å². The summed E-state index contributed by atoms with van der Waals surface area (Å²) in [6.07, 6.45) is 0.148. The Bertz CT molecular complexity index is 521. The van der Waals surface area contributed by atoms with Gasteiger partial charge in [0, 0.05) is 19.2 Å². The van der Waals surface area contributed by atoms with Crippen LogP contribution in [0.1, 0.15) is 13.8 Å². The Labute approximate surface area is 131 Å². The number of ether oxygens (including phenoxy) is 3. The Morgan fingerprint density at radius 2 is 2.18 bits per heavy atom. The van der Waals surface area contributed by atoms with Gasteiger partial charge in [0.25, 0.3) is 0 Å². The van der Waals surface area contributed by atoms with Crippen molar-refractivity contribution in [1.82, 2.24) is 4.90 Å². The largest absolute Gasteiger partial charge is 0.497 e. The lowest BCUT2D eigenvalue weighted by molar-refractivity contribution is -0.123. The van der Waals surface area contributed by atoms with E-state index in [1.54, 1.807) is 32.4 Å². The summed E-state index contributed by atoms with van der Waals surface area (Å²) in [5.74, 6) is 1.21. The minimum atomic E-state index is -0.234. The Hall–Kier alpha value is -1.79. The highest BCUT2D eigenvalue weighted by atomic mass is 16.5. The summed E-state index contributed by atoms with van der Waals surface area (Å²) in [6.45, 7) is 6.08. The van der Waals surface area contributed by atoms with Gasteiger partial charge in [0.1, 0.15) is 11.5 Å². The Morgan fingerprint density at radius 3 is 2.82 bits per heavy atom. The van der Waals surface area contributed by atoms with Crippen LogP contribution in [-0.4, -0.2) is 56.9 Å². The van der Waals surface area contributed by atoms with E-state index in [9.17, 15) is 4.79 Å². The summed E-state index contributed by atoms with van der Waals surface area (Å²) in [5.41, 5.74) is 0.611. The Kier molecular flexibility index (Phi) is 5.63. The molecule has 1 heterocycles. The third-order valence-corrected chi connectivity index (χ3v) is 3.86. The first kappa shape index (κ1) is 16.6. The number of morpholine rings is 1. The molecular formula is C16H24N2O4. The first-order valence-electron chi connectivity index (χ1n) is 7.43. The van der Waals surface area contributed by atoms with Gasteiger partial charge in [0.15, 0.2) is 0 Å². The normalized spacial score (nSPS) is 20.3. The van der Waals surface area contributed by atoms with Crippen molar-refractivity contribution >= 4 is 11.6 Å². The lowest BCUT2D eigenvalue weighted by atomic mass is 10.2. The quantitative estimate of drug-likeness (QED) is 0.898. The number of hydrogen-bond donors (Lipinski definition) is 1.